The lowest BCUT2D eigenvalue weighted by Gasteiger charge is -2.18. The SMILES string of the molecule is CC/C=C\C/C=C\C/C=C\CCCCCCOCC(COC(=O)CCCCC/C=C\C/C=C\C/C=C\CC)OC(=O)CCCCCCCCCCCCC. The van der Waals surface area contributed by atoms with E-state index in [1.54, 1.807) is 0 Å². The van der Waals surface area contributed by atoms with Gasteiger partial charge < -0.3 is 14.2 Å². The fourth-order valence-corrected chi connectivity index (χ4v) is 5.95. The molecule has 0 aliphatic heterocycles. The van der Waals surface area contributed by atoms with Gasteiger partial charge in [0.05, 0.1) is 6.61 Å². The highest BCUT2D eigenvalue weighted by molar-refractivity contribution is 5.70. The summed E-state index contributed by atoms with van der Waals surface area (Å²) in [4.78, 5) is 25.2. The third-order valence-electron chi connectivity index (χ3n) is 9.24. The van der Waals surface area contributed by atoms with Crippen molar-refractivity contribution in [1.29, 1.82) is 0 Å². The molecule has 0 aliphatic rings. The van der Waals surface area contributed by atoms with E-state index in [4.69, 9.17) is 14.2 Å². The van der Waals surface area contributed by atoms with Gasteiger partial charge in [0.25, 0.3) is 0 Å². The number of hydrogen-bond acceptors (Lipinski definition) is 5. The van der Waals surface area contributed by atoms with E-state index in [9.17, 15) is 9.59 Å². The molecule has 310 valence electrons. The van der Waals surface area contributed by atoms with Crippen LogP contribution in [0, 0.1) is 0 Å². The molecule has 1 atom stereocenters. The van der Waals surface area contributed by atoms with Crippen molar-refractivity contribution in [2.24, 2.45) is 0 Å². The number of carbonyl (C=O) groups is 2. The number of esters is 2. The number of unbranched alkanes of at least 4 members (excludes halogenated alkanes) is 17. The second-order valence-electron chi connectivity index (χ2n) is 14.5. The first-order valence-corrected chi connectivity index (χ1v) is 22.5. The standard InChI is InChI=1S/C49H84O5/c1-4-7-10-13-16-19-22-24-26-29-32-35-38-41-44-52-45-47(54-49(51)43-40-37-34-31-27-21-18-15-12-9-6-3)46-53-48(50)42-39-36-33-30-28-25-23-20-17-14-11-8-5-2/h7-8,10-11,16-17,19-20,24-26,28,47H,4-6,9,12-15,18,21-23,27,29-46H2,1-3H3/b10-7-,11-8-,19-16-,20-17-,26-24-,28-25-. The average molecular weight is 753 g/mol. The number of carbonyl (C=O) groups excluding carboxylic acids is 2. The maximum atomic E-state index is 12.7. The molecule has 0 N–H and O–H groups in total. The Balaban J connectivity index is 4.34. The van der Waals surface area contributed by atoms with E-state index in [0.29, 0.717) is 19.4 Å². The van der Waals surface area contributed by atoms with E-state index in [2.05, 4.69) is 93.7 Å². The maximum absolute atomic E-state index is 12.7. The van der Waals surface area contributed by atoms with Crippen molar-refractivity contribution in [3.63, 3.8) is 0 Å². The molecule has 1 unspecified atom stereocenters. The lowest BCUT2D eigenvalue weighted by molar-refractivity contribution is -0.163. The fraction of sp³-hybridized carbons (Fsp3) is 0.714. The highest BCUT2D eigenvalue weighted by Gasteiger charge is 2.17. The monoisotopic (exact) mass is 753 g/mol. The van der Waals surface area contributed by atoms with Gasteiger partial charge in [-0.05, 0) is 83.5 Å². The summed E-state index contributed by atoms with van der Waals surface area (Å²) in [5.74, 6) is -0.447. The predicted octanol–water partition coefficient (Wildman–Crippen LogP) is 14.8. The summed E-state index contributed by atoms with van der Waals surface area (Å²) in [6.07, 6.45) is 56.2. The Morgan fingerprint density at radius 1 is 0.426 bits per heavy atom. The molecule has 0 heterocycles. The zero-order chi connectivity index (χ0) is 39.3. The first-order valence-electron chi connectivity index (χ1n) is 22.5. The molecular weight excluding hydrogens is 669 g/mol. The van der Waals surface area contributed by atoms with Gasteiger partial charge >= 0.3 is 11.9 Å². The van der Waals surface area contributed by atoms with Gasteiger partial charge in [-0.3, -0.25) is 9.59 Å². The van der Waals surface area contributed by atoms with Gasteiger partial charge in [-0.25, -0.2) is 0 Å². The summed E-state index contributed by atoms with van der Waals surface area (Å²) in [6, 6.07) is 0. The quantitative estimate of drug-likeness (QED) is 0.0354. The summed E-state index contributed by atoms with van der Waals surface area (Å²) in [7, 11) is 0. The van der Waals surface area contributed by atoms with E-state index < -0.39 is 6.10 Å². The van der Waals surface area contributed by atoms with Crippen molar-refractivity contribution in [3.05, 3.63) is 72.9 Å². The van der Waals surface area contributed by atoms with Crippen molar-refractivity contribution in [2.75, 3.05) is 19.8 Å². The second kappa shape index (κ2) is 44.7. The van der Waals surface area contributed by atoms with Crippen LogP contribution in [0.15, 0.2) is 72.9 Å². The van der Waals surface area contributed by atoms with Gasteiger partial charge in [-0.15, -0.1) is 0 Å². The third kappa shape index (κ3) is 42.1. The van der Waals surface area contributed by atoms with Crippen LogP contribution in [0.25, 0.3) is 0 Å². The van der Waals surface area contributed by atoms with Crippen LogP contribution < -0.4 is 0 Å². The van der Waals surface area contributed by atoms with Crippen molar-refractivity contribution < 1.29 is 23.8 Å². The minimum atomic E-state index is -0.558. The lowest BCUT2D eigenvalue weighted by Crippen LogP contribution is -2.30. The summed E-state index contributed by atoms with van der Waals surface area (Å²) >= 11 is 0. The number of rotatable bonds is 40. The van der Waals surface area contributed by atoms with Gasteiger partial charge in [0.15, 0.2) is 6.10 Å². The van der Waals surface area contributed by atoms with E-state index >= 15 is 0 Å². The van der Waals surface area contributed by atoms with E-state index in [-0.39, 0.29) is 25.2 Å². The maximum Gasteiger partial charge on any atom is 0.306 e. The Morgan fingerprint density at radius 3 is 1.35 bits per heavy atom. The van der Waals surface area contributed by atoms with E-state index in [1.807, 2.05) is 0 Å². The zero-order valence-electron chi connectivity index (χ0n) is 35.5. The molecule has 0 aromatic rings. The second-order valence-corrected chi connectivity index (χ2v) is 14.5. The minimum absolute atomic E-state index is 0.0598. The zero-order valence-corrected chi connectivity index (χ0v) is 35.5. The molecule has 0 saturated heterocycles. The summed E-state index contributed by atoms with van der Waals surface area (Å²) < 4.78 is 17.3. The molecule has 0 bridgehead atoms. The summed E-state index contributed by atoms with van der Waals surface area (Å²) in [6.45, 7) is 7.51. The first kappa shape index (κ1) is 51.3. The molecule has 0 amide bonds. The van der Waals surface area contributed by atoms with Crippen LogP contribution in [-0.4, -0.2) is 37.9 Å². The normalized spacial score (nSPS) is 12.9. The average Bonchev–Trinajstić information content (AvgIpc) is 3.17. The number of ether oxygens (including phenoxy) is 3. The molecule has 5 heteroatoms. The van der Waals surface area contributed by atoms with Crippen LogP contribution in [0.4, 0.5) is 0 Å². The van der Waals surface area contributed by atoms with Gasteiger partial charge in [-0.2, -0.15) is 0 Å². The Bertz CT molecular complexity index is 988. The molecular formula is C49H84O5. The first-order chi connectivity index (χ1) is 26.6. The fourth-order valence-electron chi connectivity index (χ4n) is 5.95. The van der Waals surface area contributed by atoms with E-state index in [0.717, 1.165) is 96.3 Å². The molecule has 5 nitrogen and oxygen atoms in total. The van der Waals surface area contributed by atoms with Crippen LogP contribution in [0.3, 0.4) is 0 Å². The molecule has 0 aliphatic carbocycles. The topological polar surface area (TPSA) is 61.8 Å². The summed E-state index contributed by atoms with van der Waals surface area (Å²) in [5, 5.41) is 0. The molecule has 0 aromatic carbocycles. The Morgan fingerprint density at radius 2 is 0.833 bits per heavy atom. The smallest absolute Gasteiger partial charge is 0.306 e. The molecule has 0 fully saturated rings. The van der Waals surface area contributed by atoms with Crippen molar-refractivity contribution in [3.8, 4) is 0 Å². The summed E-state index contributed by atoms with van der Waals surface area (Å²) in [5.41, 5.74) is 0. The van der Waals surface area contributed by atoms with Gasteiger partial charge in [0, 0.05) is 19.4 Å². The number of allylic oxidation sites excluding steroid dienone is 12. The predicted molar refractivity (Wildman–Crippen MR) is 233 cm³/mol. The highest BCUT2D eigenvalue weighted by atomic mass is 16.6. The molecule has 0 saturated carbocycles. The minimum Gasteiger partial charge on any atom is -0.462 e. The van der Waals surface area contributed by atoms with Crippen LogP contribution in [0.1, 0.15) is 201 Å². The molecule has 0 aromatic heterocycles. The van der Waals surface area contributed by atoms with Crippen LogP contribution in [0.5, 0.6) is 0 Å². The van der Waals surface area contributed by atoms with Crippen LogP contribution in [0.2, 0.25) is 0 Å². The largest absolute Gasteiger partial charge is 0.462 e. The Labute approximate surface area is 334 Å². The van der Waals surface area contributed by atoms with Crippen molar-refractivity contribution in [1.82, 2.24) is 0 Å². The number of hydrogen-bond donors (Lipinski definition) is 0. The van der Waals surface area contributed by atoms with Crippen LogP contribution in [-0.2, 0) is 23.8 Å². The molecule has 0 spiro atoms. The van der Waals surface area contributed by atoms with Gasteiger partial charge in [0.2, 0.25) is 0 Å². The molecule has 0 radical (unpaired) electrons. The van der Waals surface area contributed by atoms with Gasteiger partial charge in [0.1, 0.15) is 6.61 Å². The lowest BCUT2D eigenvalue weighted by atomic mass is 10.1. The van der Waals surface area contributed by atoms with E-state index in [1.165, 1.54) is 70.6 Å². The Hall–Kier alpha value is -2.66. The molecule has 0 rings (SSSR count). The van der Waals surface area contributed by atoms with Crippen molar-refractivity contribution in [2.45, 2.75) is 207 Å². The highest BCUT2D eigenvalue weighted by Crippen LogP contribution is 2.13. The van der Waals surface area contributed by atoms with Crippen molar-refractivity contribution >= 4 is 11.9 Å². The van der Waals surface area contributed by atoms with Crippen LogP contribution >= 0.6 is 0 Å². The third-order valence-corrected chi connectivity index (χ3v) is 9.24. The molecule has 54 heavy (non-hydrogen) atoms. The Kier molecular flexibility index (Phi) is 42.5. The van der Waals surface area contributed by atoms with Gasteiger partial charge in [-0.1, -0.05) is 177 Å².